The number of rotatable bonds is 8. The predicted molar refractivity (Wildman–Crippen MR) is 65.7 cm³/mol. The number of unbranched alkanes of at least 4 members (excludes halogenated alkanes) is 1. The molecule has 98 valence electrons. The maximum absolute atomic E-state index is 8.73. The normalized spacial score (nSPS) is 10.9. The molecule has 0 bridgehead atoms. The van der Waals surface area contributed by atoms with Crippen molar-refractivity contribution in [3.63, 3.8) is 0 Å². The predicted octanol–water partition coefficient (Wildman–Crippen LogP) is 0.299. The molecule has 2 rings (SSSR count). The van der Waals surface area contributed by atoms with E-state index in [2.05, 4.69) is 19.9 Å². The molecule has 0 atom stereocenters. The highest BCUT2D eigenvalue weighted by Crippen LogP contribution is 2.01. The molecule has 0 saturated carbocycles. The number of nitrogens with zero attached hydrogens (tertiary/aromatic N) is 4. The van der Waals surface area contributed by atoms with E-state index >= 15 is 0 Å². The van der Waals surface area contributed by atoms with E-state index in [1.807, 2.05) is 24.9 Å². The van der Waals surface area contributed by atoms with Crippen LogP contribution < -0.4 is 4.57 Å². The lowest BCUT2D eigenvalue weighted by Gasteiger charge is -1.97. The topological polar surface area (TPSA) is 70.6 Å². The number of imidazole rings is 1. The fourth-order valence-corrected chi connectivity index (χ4v) is 1.86. The van der Waals surface area contributed by atoms with Crippen molar-refractivity contribution < 1.29 is 9.67 Å². The molecule has 0 aliphatic carbocycles. The van der Waals surface area contributed by atoms with Gasteiger partial charge in [-0.3, -0.25) is 9.67 Å². The highest BCUT2D eigenvalue weighted by molar-refractivity contribution is 4.91. The van der Waals surface area contributed by atoms with Gasteiger partial charge < -0.3 is 5.11 Å². The molecule has 0 unspecified atom stereocenters. The van der Waals surface area contributed by atoms with Crippen LogP contribution in [0.25, 0.3) is 0 Å². The Bertz CT molecular complexity index is 437. The van der Waals surface area contributed by atoms with Crippen LogP contribution in [-0.4, -0.2) is 31.7 Å². The van der Waals surface area contributed by atoms with Gasteiger partial charge >= 0.3 is 0 Å². The summed E-state index contributed by atoms with van der Waals surface area (Å²) in [5.74, 6) is 0. The zero-order valence-electron chi connectivity index (χ0n) is 10.5. The molecule has 0 spiro atoms. The Kier molecular flexibility index (Phi) is 4.89. The van der Waals surface area contributed by atoms with Crippen molar-refractivity contribution in [3.8, 4) is 0 Å². The van der Waals surface area contributed by atoms with Crippen LogP contribution in [0, 0.1) is 0 Å². The number of hydrogen-bond donors (Lipinski definition) is 2. The molecular formula is C12H20N5O+. The number of nitrogens with one attached hydrogen (secondary N) is 1. The van der Waals surface area contributed by atoms with Gasteiger partial charge in [0.25, 0.3) is 0 Å². The first kappa shape index (κ1) is 12.8. The standard InChI is InChI=1S/C12H19N5O/c18-9-3-7-17-10-12(14-15-17)4-1-2-6-16-8-5-13-11-16/h5,8,10-11,18H,1-4,6-7,9H2/p+1. The van der Waals surface area contributed by atoms with Gasteiger partial charge in [0, 0.05) is 19.3 Å². The van der Waals surface area contributed by atoms with Gasteiger partial charge in [-0.2, -0.15) is 0 Å². The minimum Gasteiger partial charge on any atom is -0.396 e. The molecule has 0 amide bonds. The molecule has 6 nitrogen and oxygen atoms in total. The molecule has 2 N–H and O–H groups in total. The smallest absolute Gasteiger partial charge is 0.241 e. The molecule has 2 aromatic rings. The Labute approximate surface area is 106 Å². The van der Waals surface area contributed by atoms with Gasteiger partial charge in [0.2, 0.25) is 6.33 Å². The second-order valence-electron chi connectivity index (χ2n) is 4.36. The Hall–Kier alpha value is -1.69. The van der Waals surface area contributed by atoms with Crippen molar-refractivity contribution in [1.82, 2.24) is 20.0 Å². The van der Waals surface area contributed by atoms with Gasteiger partial charge in [-0.25, -0.2) is 4.57 Å². The van der Waals surface area contributed by atoms with Gasteiger partial charge in [-0.05, 0) is 25.7 Å². The van der Waals surface area contributed by atoms with Crippen LogP contribution in [0.4, 0.5) is 0 Å². The van der Waals surface area contributed by atoms with Crippen LogP contribution in [0.15, 0.2) is 24.9 Å². The minimum absolute atomic E-state index is 0.198. The number of aromatic amines is 1. The fourth-order valence-electron chi connectivity index (χ4n) is 1.86. The Morgan fingerprint density at radius 1 is 1.33 bits per heavy atom. The van der Waals surface area contributed by atoms with Crippen LogP contribution in [0.1, 0.15) is 25.0 Å². The molecule has 0 aromatic carbocycles. The Morgan fingerprint density at radius 3 is 3.06 bits per heavy atom. The number of H-pyrrole nitrogens is 1. The van der Waals surface area contributed by atoms with Crippen molar-refractivity contribution in [3.05, 3.63) is 30.6 Å². The molecule has 6 heteroatoms. The van der Waals surface area contributed by atoms with Gasteiger partial charge in [0.1, 0.15) is 12.4 Å². The largest absolute Gasteiger partial charge is 0.396 e. The molecule has 2 heterocycles. The lowest BCUT2D eigenvalue weighted by Crippen LogP contribution is -2.30. The summed E-state index contributed by atoms with van der Waals surface area (Å²) in [4.78, 5) is 3.03. The average molecular weight is 250 g/mol. The van der Waals surface area contributed by atoms with Crippen molar-refractivity contribution in [2.45, 2.75) is 38.8 Å². The molecule has 0 saturated heterocycles. The minimum atomic E-state index is 0.198. The molecule has 0 aliphatic rings. The Morgan fingerprint density at radius 2 is 2.28 bits per heavy atom. The van der Waals surface area contributed by atoms with E-state index in [0.29, 0.717) is 0 Å². The summed E-state index contributed by atoms with van der Waals surface area (Å²) >= 11 is 0. The van der Waals surface area contributed by atoms with Crippen LogP contribution in [-0.2, 0) is 19.5 Å². The zero-order chi connectivity index (χ0) is 12.6. The second kappa shape index (κ2) is 6.90. The number of aliphatic hydroxyl groups excluding tert-OH is 1. The summed E-state index contributed by atoms with van der Waals surface area (Å²) in [6.07, 6.45) is 11.8. The van der Waals surface area contributed by atoms with Crippen LogP contribution in [0.3, 0.4) is 0 Å². The summed E-state index contributed by atoms with van der Waals surface area (Å²) in [6, 6.07) is 0. The third-order valence-corrected chi connectivity index (χ3v) is 2.83. The highest BCUT2D eigenvalue weighted by atomic mass is 16.3. The molecular weight excluding hydrogens is 230 g/mol. The van der Waals surface area contributed by atoms with Crippen molar-refractivity contribution in [2.24, 2.45) is 0 Å². The summed E-state index contributed by atoms with van der Waals surface area (Å²) < 4.78 is 3.94. The van der Waals surface area contributed by atoms with Gasteiger partial charge in [-0.15, -0.1) is 5.10 Å². The molecule has 18 heavy (non-hydrogen) atoms. The average Bonchev–Trinajstić information content (AvgIpc) is 3.04. The monoisotopic (exact) mass is 250 g/mol. The molecule has 0 radical (unpaired) electrons. The van der Waals surface area contributed by atoms with Gasteiger partial charge in [0.05, 0.1) is 12.2 Å². The number of aliphatic hydroxyl groups is 1. The first-order valence-electron chi connectivity index (χ1n) is 6.40. The Balaban J connectivity index is 1.65. The van der Waals surface area contributed by atoms with E-state index in [1.165, 1.54) is 0 Å². The number of aromatic nitrogens is 5. The summed E-state index contributed by atoms with van der Waals surface area (Å²) in [5, 5.41) is 16.9. The third-order valence-electron chi connectivity index (χ3n) is 2.83. The fraction of sp³-hybridized carbons (Fsp3) is 0.583. The van der Waals surface area contributed by atoms with Crippen LogP contribution in [0.2, 0.25) is 0 Å². The van der Waals surface area contributed by atoms with E-state index in [4.69, 9.17) is 5.11 Å². The maximum atomic E-state index is 8.73. The summed E-state index contributed by atoms with van der Waals surface area (Å²) in [5.41, 5.74) is 1.03. The third kappa shape index (κ3) is 3.96. The summed E-state index contributed by atoms with van der Waals surface area (Å²) in [7, 11) is 0. The van der Waals surface area contributed by atoms with Crippen molar-refractivity contribution in [2.75, 3.05) is 6.61 Å². The van der Waals surface area contributed by atoms with E-state index in [9.17, 15) is 0 Å². The number of aryl methyl sites for hydroxylation is 3. The first-order chi connectivity index (χ1) is 8.88. The van der Waals surface area contributed by atoms with E-state index in [1.54, 1.807) is 4.68 Å². The zero-order valence-corrected chi connectivity index (χ0v) is 10.5. The second-order valence-corrected chi connectivity index (χ2v) is 4.36. The highest BCUT2D eigenvalue weighted by Gasteiger charge is 2.02. The van der Waals surface area contributed by atoms with E-state index in [-0.39, 0.29) is 6.61 Å². The van der Waals surface area contributed by atoms with E-state index < -0.39 is 0 Å². The summed E-state index contributed by atoms with van der Waals surface area (Å²) in [6.45, 7) is 1.97. The number of hydrogen-bond acceptors (Lipinski definition) is 3. The molecule has 2 aromatic heterocycles. The van der Waals surface area contributed by atoms with E-state index in [0.717, 1.165) is 44.5 Å². The first-order valence-corrected chi connectivity index (χ1v) is 6.40. The molecule has 0 fully saturated rings. The van der Waals surface area contributed by atoms with Crippen LogP contribution in [0.5, 0.6) is 0 Å². The van der Waals surface area contributed by atoms with Gasteiger partial charge in [0.15, 0.2) is 0 Å². The van der Waals surface area contributed by atoms with Crippen LogP contribution >= 0.6 is 0 Å². The lowest BCUT2D eigenvalue weighted by molar-refractivity contribution is -0.696. The SMILES string of the molecule is OCCCn1cc(CCCC[n+]2cc[nH]c2)nn1. The molecule has 0 aliphatic heterocycles. The quantitative estimate of drug-likeness (QED) is 0.523. The van der Waals surface area contributed by atoms with Gasteiger partial charge in [-0.1, -0.05) is 5.21 Å². The van der Waals surface area contributed by atoms with Crippen molar-refractivity contribution in [1.29, 1.82) is 0 Å². The maximum Gasteiger partial charge on any atom is 0.241 e. The lowest BCUT2D eigenvalue weighted by atomic mass is 10.2. The van der Waals surface area contributed by atoms with Crippen molar-refractivity contribution >= 4 is 0 Å².